The van der Waals surface area contributed by atoms with E-state index >= 15 is 0 Å². The Morgan fingerprint density at radius 3 is 1.34 bits per heavy atom. The largest absolute Gasteiger partial charge is 0.455 e. The van der Waals surface area contributed by atoms with E-state index in [2.05, 4.69) is 170 Å². The van der Waals surface area contributed by atoms with Crippen LogP contribution in [0.5, 0.6) is 0 Å². The minimum Gasteiger partial charge on any atom is -0.455 e. The highest BCUT2D eigenvalue weighted by Crippen LogP contribution is 2.47. The standard InChI is InChI=1S/C54H32O2/c1-2-12-38-31-39(30-23-33(38)11-1)34-21-26-36(27-22-34)50-41-14-3-5-16-43(41)51(44-17-6-4-15-42(44)50)37-28-24-35(25-29-37)46-32-47-40-13-7-9-19-48(40)55-54(47)52-45-18-8-10-20-49(45)56-53(46)52/h1-32H. The van der Waals surface area contributed by atoms with Crippen molar-refractivity contribution in [3.05, 3.63) is 194 Å². The molecule has 260 valence electrons. The fourth-order valence-electron chi connectivity index (χ4n) is 9.04. The zero-order valence-corrected chi connectivity index (χ0v) is 30.3. The molecule has 0 bridgehead atoms. The smallest absolute Gasteiger partial charge is 0.147 e. The molecule has 12 rings (SSSR count). The summed E-state index contributed by atoms with van der Waals surface area (Å²) in [6, 6.07) is 69.9. The van der Waals surface area contributed by atoms with Crippen LogP contribution in [-0.2, 0) is 0 Å². The van der Waals surface area contributed by atoms with Crippen molar-refractivity contribution >= 4 is 76.2 Å². The van der Waals surface area contributed by atoms with Crippen LogP contribution in [-0.4, -0.2) is 0 Å². The van der Waals surface area contributed by atoms with Gasteiger partial charge >= 0.3 is 0 Å². The molecule has 2 nitrogen and oxygen atoms in total. The van der Waals surface area contributed by atoms with Gasteiger partial charge in [-0.25, -0.2) is 0 Å². The molecule has 12 aromatic rings. The fourth-order valence-corrected chi connectivity index (χ4v) is 9.04. The first kappa shape index (κ1) is 31.0. The quantitative estimate of drug-likeness (QED) is 0.170. The fraction of sp³-hybridized carbons (Fsp3) is 0. The first-order valence-electron chi connectivity index (χ1n) is 19.2. The summed E-state index contributed by atoms with van der Waals surface area (Å²) in [5.74, 6) is 0. The van der Waals surface area contributed by atoms with E-state index in [9.17, 15) is 0 Å². The Morgan fingerprint density at radius 2 is 0.714 bits per heavy atom. The molecule has 0 radical (unpaired) electrons. The molecule has 0 atom stereocenters. The molecule has 0 spiro atoms. The van der Waals surface area contributed by atoms with Gasteiger partial charge in [0.25, 0.3) is 0 Å². The zero-order valence-electron chi connectivity index (χ0n) is 30.3. The van der Waals surface area contributed by atoms with E-state index in [0.717, 1.165) is 55.0 Å². The Labute approximate surface area is 322 Å². The maximum atomic E-state index is 6.62. The first-order chi connectivity index (χ1) is 27.8. The maximum Gasteiger partial charge on any atom is 0.147 e. The molecule has 2 heteroatoms. The molecule has 0 saturated carbocycles. The van der Waals surface area contributed by atoms with E-state index in [-0.39, 0.29) is 0 Å². The van der Waals surface area contributed by atoms with Gasteiger partial charge in [-0.15, -0.1) is 0 Å². The van der Waals surface area contributed by atoms with Crippen molar-refractivity contribution < 1.29 is 8.83 Å². The highest BCUT2D eigenvalue weighted by molar-refractivity contribution is 6.25. The van der Waals surface area contributed by atoms with Crippen molar-refractivity contribution in [2.75, 3.05) is 0 Å². The second-order valence-corrected chi connectivity index (χ2v) is 14.8. The summed E-state index contributed by atoms with van der Waals surface area (Å²) in [5.41, 5.74) is 12.9. The molecule has 0 aliphatic heterocycles. The molecule has 0 N–H and O–H groups in total. The van der Waals surface area contributed by atoms with Crippen LogP contribution in [0.4, 0.5) is 0 Å². The Morgan fingerprint density at radius 1 is 0.268 bits per heavy atom. The summed E-state index contributed by atoms with van der Waals surface area (Å²) in [6.07, 6.45) is 0. The topological polar surface area (TPSA) is 26.3 Å². The van der Waals surface area contributed by atoms with E-state index in [1.807, 2.05) is 24.3 Å². The lowest BCUT2D eigenvalue weighted by Gasteiger charge is -2.18. The summed E-state index contributed by atoms with van der Waals surface area (Å²) < 4.78 is 13.1. The third kappa shape index (κ3) is 4.63. The number of hydrogen-bond donors (Lipinski definition) is 0. The Balaban J connectivity index is 1.01. The lowest BCUT2D eigenvalue weighted by molar-refractivity contribution is 0.663. The molecule has 0 amide bonds. The Kier molecular flexibility index (Phi) is 6.66. The lowest BCUT2D eigenvalue weighted by Crippen LogP contribution is -1.91. The first-order valence-corrected chi connectivity index (χ1v) is 19.2. The molecule has 0 saturated heterocycles. The van der Waals surface area contributed by atoms with Crippen LogP contribution in [0.3, 0.4) is 0 Å². The highest BCUT2D eigenvalue weighted by atomic mass is 16.3. The maximum absolute atomic E-state index is 6.62. The van der Waals surface area contributed by atoms with Crippen molar-refractivity contribution in [1.29, 1.82) is 0 Å². The van der Waals surface area contributed by atoms with Crippen molar-refractivity contribution in [3.8, 4) is 44.5 Å². The average Bonchev–Trinajstić information content (AvgIpc) is 3.84. The molecule has 2 heterocycles. The van der Waals surface area contributed by atoms with Gasteiger partial charge in [-0.05, 0) is 95.5 Å². The summed E-state index contributed by atoms with van der Waals surface area (Å²) >= 11 is 0. The molecule has 0 unspecified atom stereocenters. The summed E-state index contributed by atoms with van der Waals surface area (Å²) in [7, 11) is 0. The average molecular weight is 713 g/mol. The van der Waals surface area contributed by atoms with Crippen LogP contribution in [0.2, 0.25) is 0 Å². The number of benzene rings is 10. The Bertz CT molecular complexity index is 3450. The third-order valence-electron chi connectivity index (χ3n) is 11.7. The monoisotopic (exact) mass is 712 g/mol. The van der Waals surface area contributed by atoms with Gasteiger partial charge in [0.1, 0.15) is 22.3 Å². The van der Waals surface area contributed by atoms with E-state index in [1.165, 1.54) is 65.7 Å². The second kappa shape index (κ2) is 12.0. The molecule has 0 aliphatic rings. The van der Waals surface area contributed by atoms with E-state index in [1.54, 1.807) is 0 Å². The number of rotatable bonds is 4. The summed E-state index contributed by atoms with van der Waals surface area (Å²) in [4.78, 5) is 0. The van der Waals surface area contributed by atoms with Gasteiger partial charge in [-0.2, -0.15) is 0 Å². The molecule has 10 aromatic carbocycles. The van der Waals surface area contributed by atoms with Crippen molar-refractivity contribution in [1.82, 2.24) is 0 Å². The number of hydrogen-bond acceptors (Lipinski definition) is 2. The van der Waals surface area contributed by atoms with Gasteiger partial charge in [0, 0.05) is 21.7 Å². The van der Waals surface area contributed by atoms with Crippen LogP contribution in [0.1, 0.15) is 0 Å². The summed E-state index contributed by atoms with van der Waals surface area (Å²) in [6.45, 7) is 0. The van der Waals surface area contributed by atoms with Gasteiger partial charge in [0.05, 0.1) is 5.39 Å². The van der Waals surface area contributed by atoms with Gasteiger partial charge in [-0.3, -0.25) is 0 Å². The van der Waals surface area contributed by atoms with Gasteiger partial charge in [0.15, 0.2) is 0 Å². The van der Waals surface area contributed by atoms with Crippen LogP contribution in [0, 0.1) is 0 Å². The van der Waals surface area contributed by atoms with Gasteiger partial charge in [-0.1, -0.05) is 170 Å². The Hall–Kier alpha value is -7.42. The van der Waals surface area contributed by atoms with Crippen LogP contribution in [0.15, 0.2) is 203 Å². The predicted molar refractivity (Wildman–Crippen MR) is 235 cm³/mol. The van der Waals surface area contributed by atoms with Crippen LogP contribution >= 0.6 is 0 Å². The summed E-state index contributed by atoms with van der Waals surface area (Å²) in [5, 5.41) is 11.7. The molecule has 0 aliphatic carbocycles. The number of furan rings is 2. The molecule has 2 aromatic heterocycles. The molecule has 0 fully saturated rings. The third-order valence-corrected chi connectivity index (χ3v) is 11.7. The lowest BCUT2D eigenvalue weighted by atomic mass is 9.85. The van der Waals surface area contributed by atoms with E-state index in [4.69, 9.17) is 8.83 Å². The highest BCUT2D eigenvalue weighted by Gasteiger charge is 2.21. The minimum absolute atomic E-state index is 0.845. The number of para-hydroxylation sites is 2. The zero-order chi connectivity index (χ0) is 36.7. The number of fused-ring (bicyclic) bond motifs is 10. The molecular weight excluding hydrogens is 681 g/mol. The second-order valence-electron chi connectivity index (χ2n) is 14.8. The van der Waals surface area contributed by atoms with Crippen LogP contribution < -0.4 is 0 Å². The minimum atomic E-state index is 0.845. The van der Waals surface area contributed by atoms with Crippen molar-refractivity contribution in [2.24, 2.45) is 0 Å². The normalized spacial score (nSPS) is 11.9. The van der Waals surface area contributed by atoms with Crippen molar-refractivity contribution in [2.45, 2.75) is 0 Å². The predicted octanol–water partition coefficient (Wildman–Crippen LogP) is 15.6. The van der Waals surface area contributed by atoms with Crippen molar-refractivity contribution in [3.63, 3.8) is 0 Å². The molecule has 56 heavy (non-hydrogen) atoms. The van der Waals surface area contributed by atoms with Gasteiger partial charge in [0.2, 0.25) is 0 Å². The van der Waals surface area contributed by atoms with Crippen LogP contribution in [0.25, 0.3) is 121 Å². The molecular formula is C54H32O2. The van der Waals surface area contributed by atoms with Gasteiger partial charge < -0.3 is 8.83 Å². The SMILES string of the molecule is c1ccc2cc(-c3ccc(-c4c5ccccc5c(-c5ccc(-c6cc7c8ccccc8oc7c7c6oc6ccccc67)cc5)c5ccccc45)cc3)ccc2c1. The van der Waals surface area contributed by atoms with E-state index < -0.39 is 0 Å². The van der Waals surface area contributed by atoms with E-state index in [0.29, 0.717) is 0 Å².